The molecule has 0 radical (unpaired) electrons. The molecule has 1 nitrogen and oxygen atoms in total. The first kappa shape index (κ1) is 14.8. The molecule has 1 unspecified atom stereocenters. The van der Waals surface area contributed by atoms with Crippen LogP contribution in [0.15, 0.2) is 18.2 Å². The van der Waals surface area contributed by atoms with Crippen molar-refractivity contribution >= 4 is 0 Å². The van der Waals surface area contributed by atoms with E-state index in [1.807, 2.05) is 0 Å². The predicted octanol–water partition coefficient (Wildman–Crippen LogP) is 3.63. The molecule has 0 saturated heterocycles. The molecule has 1 aromatic rings. The summed E-state index contributed by atoms with van der Waals surface area (Å²) in [5.74, 6) is 2.72. The molecule has 1 atom stereocenters. The summed E-state index contributed by atoms with van der Waals surface area (Å²) in [6, 6.07) is 7.35. The average Bonchev–Trinajstić information content (AvgIpc) is 2.28. The van der Waals surface area contributed by atoms with E-state index in [4.69, 9.17) is 6.42 Å². The molecule has 18 heavy (non-hydrogen) atoms. The summed E-state index contributed by atoms with van der Waals surface area (Å²) in [6.07, 6.45) is 9.56. The summed E-state index contributed by atoms with van der Waals surface area (Å²) in [7, 11) is 0. The molecule has 1 heteroatoms. The molecule has 1 aromatic carbocycles. The Labute approximate surface area is 112 Å². The maximum Gasteiger partial charge on any atom is 0.0108 e. The number of hydrogen-bond acceptors (Lipinski definition) is 1. The number of hydrogen-bond donors (Lipinski definition) is 1. The first-order chi connectivity index (χ1) is 8.65. The number of aryl methyl sites for hydroxylation is 2. The highest BCUT2D eigenvalue weighted by Gasteiger charge is 2.08. The second-order valence-electron chi connectivity index (χ2n) is 5.05. The first-order valence-corrected chi connectivity index (χ1v) is 6.89. The predicted molar refractivity (Wildman–Crippen MR) is 79.8 cm³/mol. The van der Waals surface area contributed by atoms with Gasteiger partial charge in [-0.15, -0.1) is 12.3 Å². The molecule has 0 fully saturated rings. The summed E-state index contributed by atoms with van der Waals surface area (Å²) < 4.78 is 0. The van der Waals surface area contributed by atoms with Gasteiger partial charge in [0, 0.05) is 12.5 Å². The van der Waals surface area contributed by atoms with Gasteiger partial charge in [-0.1, -0.05) is 36.2 Å². The smallest absolute Gasteiger partial charge is 0.0108 e. The van der Waals surface area contributed by atoms with Gasteiger partial charge in [0.15, 0.2) is 0 Å². The Hall–Kier alpha value is -1.26. The van der Waals surface area contributed by atoms with E-state index in [1.165, 1.54) is 16.7 Å². The SMILES string of the molecule is C#CCCCC(Cc1cc(C)cc(C)c1)NCC. The van der Waals surface area contributed by atoms with Crippen molar-refractivity contribution in [2.45, 2.75) is 52.5 Å². The standard InChI is InChI=1S/C17H25N/c1-5-7-8-9-17(18-6-2)13-16-11-14(3)10-15(4)12-16/h1,10-12,17-18H,6-9,13H2,2-4H3. The van der Waals surface area contributed by atoms with Crippen LogP contribution >= 0.6 is 0 Å². The molecule has 0 aliphatic carbocycles. The van der Waals surface area contributed by atoms with E-state index in [-0.39, 0.29) is 0 Å². The fourth-order valence-corrected chi connectivity index (χ4v) is 2.49. The minimum atomic E-state index is 0.546. The van der Waals surface area contributed by atoms with Crippen LogP contribution in [0.25, 0.3) is 0 Å². The lowest BCUT2D eigenvalue weighted by molar-refractivity contribution is 0.479. The van der Waals surface area contributed by atoms with Crippen LogP contribution in [0.4, 0.5) is 0 Å². The van der Waals surface area contributed by atoms with E-state index in [1.54, 1.807) is 0 Å². The molecular formula is C17H25N. The van der Waals surface area contributed by atoms with E-state index in [2.05, 4.69) is 50.2 Å². The Morgan fingerprint density at radius 3 is 2.44 bits per heavy atom. The van der Waals surface area contributed by atoms with E-state index in [9.17, 15) is 0 Å². The minimum absolute atomic E-state index is 0.546. The third-order valence-electron chi connectivity index (χ3n) is 3.13. The van der Waals surface area contributed by atoms with Crippen molar-refractivity contribution in [3.8, 4) is 12.3 Å². The van der Waals surface area contributed by atoms with Gasteiger partial charge in [-0.05, 0) is 45.2 Å². The van der Waals surface area contributed by atoms with Crippen molar-refractivity contribution < 1.29 is 0 Å². The van der Waals surface area contributed by atoms with Crippen molar-refractivity contribution in [3.63, 3.8) is 0 Å². The van der Waals surface area contributed by atoms with Gasteiger partial charge in [0.05, 0.1) is 0 Å². The Morgan fingerprint density at radius 2 is 1.89 bits per heavy atom. The normalized spacial score (nSPS) is 12.1. The zero-order valence-corrected chi connectivity index (χ0v) is 11.9. The van der Waals surface area contributed by atoms with Crippen LogP contribution in [-0.2, 0) is 6.42 Å². The molecule has 0 saturated carbocycles. The van der Waals surface area contributed by atoms with Gasteiger partial charge >= 0.3 is 0 Å². The number of unbranched alkanes of at least 4 members (excludes halogenated alkanes) is 1. The Morgan fingerprint density at radius 1 is 1.22 bits per heavy atom. The highest BCUT2D eigenvalue weighted by Crippen LogP contribution is 2.13. The maximum absolute atomic E-state index is 5.31. The Kier molecular flexibility index (Phi) is 6.54. The summed E-state index contributed by atoms with van der Waals surface area (Å²) in [6.45, 7) is 7.51. The summed E-state index contributed by atoms with van der Waals surface area (Å²) in [4.78, 5) is 0. The summed E-state index contributed by atoms with van der Waals surface area (Å²) in [5, 5.41) is 3.56. The van der Waals surface area contributed by atoms with Gasteiger partial charge in [0.2, 0.25) is 0 Å². The van der Waals surface area contributed by atoms with Gasteiger partial charge in [-0.3, -0.25) is 0 Å². The Balaban J connectivity index is 2.61. The zero-order chi connectivity index (χ0) is 13.4. The van der Waals surface area contributed by atoms with Gasteiger partial charge < -0.3 is 5.32 Å². The van der Waals surface area contributed by atoms with E-state index >= 15 is 0 Å². The summed E-state index contributed by atoms with van der Waals surface area (Å²) >= 11 is 0. The highest BCUT2D eigenvalue weighted by molar-refractivity contribution is 5.29. The van der Waals surface area contributed by atoms with Crippen molar-refractivity contribution in [2.75, 3.05) is 6.54 Å². The second kappa shape index (κ2) is 7.95. The molecule has 0 bridgehead atoms. The maximum atomic E-state index is 5.31. The van der Waals surface area contributed by atoms with Gasteiger partial charge in [0.1, 0.15) is 0 Å². The number of rotatable bonds is 7. The minimum Gasteiger partial charge on any atom is -0.314 e. The molecular weight excluding hydrogens is 218 g/mol. The van der Waals surface area contributed by atoms with Crippen LogP contribution in [0.3, 0.4) is 0 Å². The molecule has 98 valence electrons. The van der Waals surface area contributed by atoms with Crippen LogP contribution in [0.1, 0.15) is 42.9 Å². The Bertz CT molecular complexity index is 380. The van der Waals surface area contributed by atoms with Crippen LogP contribution < -0.4 is 5.32 Å². The average molecular weight is 243 g/mol. The lowest BCUT2D eigenvalue weighted by atomic mass is 9.98. The topological polar surface area (TPSA) is 12.0 Å². The first-order valence-electron chi connectivity index (χ1n) is 6.89. The molecule has 0 aliphatic rings. The summed E-state index contributed by atoms with van der Waals surface area (Å²) in [5.41, 5.74) is 4.13. The van der Waals surface area contributed by atoms with Crippen molar-refractivity contribution in [2.24, 2.45) is 0 Å². The van der Waals surface area contributed by atoms with Crippen LogP contribution in [0, 0.1) is 26.2 Å². The van der Waals surface area contributed by atoms with Gasteiger partial charge in [-0.2, -0.15) is 0 Å². The van der Waals surface area contributed by atoms with Crippen LogP contribution in [0.2, 0.25) is 0 Å². The number of likely N-dealkylation sites (N-methyl/N-ethyl adjacent to an activating group) is 1. The molecule has 0 aliphatic heterocycles. The fourth-order valence-electron chi connectivity index (χ4n) is 2.49. The van der Waals surface area contributed by atoms with Gasteiger partial charge in [-0.25, -0.2) is 0 Å². The highest BCUT2D eigenvalue weighted by atomic mass is 14.9. The number of nitrogens with one attached hydrogen (secondary N) is 1. The number of terminal acetylenes is 1. The quantitative estimate of drug-likeness (QED) is 0.569. The van der Waals surface area contributed by atoms with Gasteiger partial charge in [0.25, 0.3) is 0 Å². The molecule has 1 N–H and O–H groups in total. The molecule has 1 rings (SSSR count). The van der Waals surface area contributed by atoms with Crippen LogP contribution in [0.5, 0.6) is 0 Å². The van der Waals surface area contributed by atoms with Crippen molar-refractivity contribution in [3.05, 3.63) is 34.9 Å². The third kappa shape index (κ3) is 5.38. The molecule has 0 heterocycles. The molecule has 0 spiro atoms. The lowest BCUT2D eigenvalue weighted by Gasteiger charge is -2.18. The monoisotopic (exact) mass is 243 g/mol. The van der Waals surface area contributed by atoms with E-state index in [0.717, 1.165) is 32.2 Å². The number of benzene rings is 1. The lowest BCUT2D eigenvalue weighted by Crippen LogP contribution is -2.30. The van der Waals surface area contributed by atoms with Crippen LogP contribution in [-0.4, -0.2) is 12.6 Å². The largest absolute Gasteiger partial charge is 0.314 e. The zero-order valence-electron chi connectivity index (χ0n) is 11.9. The van der Waals surface area contributed by atoms with Crippen molar-refractivity contribution in [1.82, 2.24) is 5.32 Å². The van der Waals surface area contributed by atoms with Crippen molar-refractivity contribution in [1.29, 1.82) is 0 Å². The third-order valence-corrected chi connectivity index (χ3v) is 3.13. The molecule has 0 amide bonds. The van der Waals surface area contributed by atoms with E-state index < -0.39 is 0 Å². The fraction of sp³-hybridized carbons (Fsp3) is 0.529. The second-order valence-corrected chi connectivity index (χ2v) is 5.05. The van der Waals surface area contributed by atoms with E-state index in [0.29, 0.717) is 6.04 Å². The molecule has 0 aromatic heterocycles.